The maximum Gasteiger partial charge on any atom is 0.188 e. The Kier molecular flexibility index (Phi) is 6.05. The predicted octanol–water partition coefficient (Wildman–Crippen LogP) is 1.20. The molecule has 1 rings (SSSR count). The van der Waals surface area contributed by atoms with Gasteiger partial charge < -0.3 is 16.0 Å². The first kappa shape index (κ1) is 14.0. The number of hydrogen-bond donors (Lipinski definition) is 2. The highest BCUT2D eigenvalue weighted by atomic mass is 15.2. The number of nitrogens with zero attached hydrogens (tertiary/aromatic N) is 2. The molecule has 1 unspecified atom stereocenters. The lowest BCUT2D eigenvalue weighted by Gasteiger charge is -2.15. The van der Waals surface area contributed by atoms with E-state index < -0.39 is 0 Å². The van der Waals surface area contributed by atoms with Crippen molar-refractivity contribution in [1.82, 2.24) is 10.2 Å². The molecule has 1 atom stereocenters. The van der Waals surface area contributed by atoms with Gasteiger partial charge in [-0.25, -0.2) is 4.99 Å². The van der Waals surface area contributed by atoms with Crippen LogP contribution in [0.5, 0.6) is 0 Å². The zero-order valence-electron chi connectivity index (χ0n) is 11.2. The monoisotopic (exact) mass is 238 g/mol. The summed E-state index contributed by atoms with van der Waals surface area (Å²) in [5.41, 5.74) is 6.81. The number of rotatable bonds is 6. The van der Waals surface area contributed by atoms with E-state index in [0.29, 0.717) is 18.4 Å². The molecule has 1 heterocycles. The topological polar surface area (TPSA) is 53.6 Å². The maximum absolute atomic E-state index is 5.78. The molecule has 1 saturated heterocycles. The van der Waals surface area contributed by atoms with Crippen molar-refractivity contribution in [2.24, 2.45) is 16.6 Å². The van der Waals surface area contributed by atoms with E-state index in [9.17, 15) is 0 Å². The van der Waals surface area contributed by atoms with Crippen LogP contribution in [0, 0.1) is 5.92 Å². The van der Waals surface area contributed by atoms with E-state index in [1.165, 1.54) is 32.5 Å². The Morgan fingerprint density at radius 3 is 3.00 bits per heavy atom. The van der Waals surface area contributed by atoms with Crippen LogP contribution in [0.3, 0.4) is 0 Å². The average Bonchev–Trinajstić information content (AvgIpc) is 2.72. The summed E-state index contributed by atoms with van der Waals surface area (Å²) >= 11 is 0. The fourth-order valence-electron chi connectivity index (χ4n) is 2.12. The summed E-state index contributed by atoms with van der Waals surface area (Å²) in [5.74, 6) is 1.25. The van der Waals surface area contributed by atoms with E-state index in [2.05, 4.69) is 28.7 Å². The zero-order chi connectivity index (χ0) is 12.7. The van der Waals surface area contributed by atoms with E-state index in [1.807, 2.05) is 6.92 Å². The van der Waals surface area contributed by atoms with Crippen LogP contribution in [0.4, 0.5) is 0 Å². The predicted molar refractivity (Wildman–Crippen MR) is 74.1 cm³/mol. The van der Waals surface area contributed by atoms with E-state index >= 15 is 0 Å². The molecule has 1 aliphatic heterocycles. The molecule has 0 aromatic heterocycles. The zero-order valence-corrected chi connectivity index (χ0v) is 11.2. The Balaban J connectivity index is 2.18. The van der Waals surface area contributed by atoms with Crippen LogP contribution in [-0.2, 0) is 0 Å². The Morgan fingerprint density at radius 2 is 2.35 bits per heavy atom. The van der Waals surface area contributed by atoms with Gasteiger partial charge in [-0.05, 0) is 38.8 Å². The van der Waals surface area contributed by atoms with Gasteiger partial charge in [0.1, 0.15) is 0 Å². The van der Waals surface area contributed by atoms with Crippen molar-refractivity contribution in [3.63, 3.8) is 0 Å². The quantitative estimate of drug-likeness (QED) is 0.415. The number of aliphatic imine (C=N–C) groups is 1. The lowest BCUT2D eigenvalue weighted by molar-refractivity contribution is 0.324. The van der Waals surface area contributed by atoms with Crippen LogP contribution in [0.2, 0.25) is 0 Å². The maximum atomic E-state index is 5.78. The van der Waals surface area contributed by atoms with Crippen LogP contribution in [-0.4, -0.2) is 43.6 Å². The second-order valence-electron chi connectivity index (χ2n) is 4.99. The van der Waals surface area contributed by atoms with Crippen molar-refractivity contribution in [3.8, 4) is 0 Å². The third-order valence-corrected chi connectivity index (χ3v) is 3.00. The molecule has 0 spiro atoms. The lowest BCUT2D eigenvalue weighted by atomic mass is 10.1. The molecule has 17 heavy (non-hydrogen) atoms. The van der Waals surface area contributed by atoms with Crippen molar-refractivity contribution in [3.05, 3.63) is 12.2 Å². The highest BCUT2D eigenvalue weighted by Crippen LogP contribution is 2.15. The summed E-state index contributed by atoms with van der Waals surface area (Å²) in [7, 11) is 0. The number of hydrogen-bond acceptors (Lipinski definition) is 2. The van der Waals surface area contributed by atoms with Gasteiger partial charge in [0.2, 0.25) is 0 Å². The first-order valence-corrected chi connectivity index (χ1v) is 6.52. The molecule has 0 saturated carbocycles. The smallest absolute Gasteiger partial charge is 0.188 e. The highest BCUT2D eigenvalue weighted by Gasteiger charge is 2.21. The van der Waals surface area contributed by atoms with Gasteiger partial charge in [0.15, 0.2) is 5.96 Å². The number of likely N-dealkylation sites (tertiary alicyclic amines) is 1. The molecule has 0 aromatic carbocycles. The van der Waals surface area contributed by atoms with E-state index in [1.54, 1.807) is 0 Å². The van der Waals surface area contributed by atoms with Gasteiger partial charge in [-0.2, -0.15) is 0 Å². The Hall–Kier alpha value is -1.03. The van der Waals surface area contributed by atoms with Gasteiger partial charge in [0.05, 0.1) is 6.54 Å². The van der Waals surface area contributed by atoms with E-state index in [0.717, 1.165) is 12.1 Å². The van der Waals surface area contributed by atoms with Gasteiger partial charge >= 0.3 is 0 Å². The van der Waals surface area contributed by atoms with Crippen molar-refractivity contribution in [2.75, 3.05) is 32.7 Å². The fourth-order valence-corrected chi connectivity index (χ4v) is 2.12. The summed E-state index contributed by atoms with van der Waals surface area (Å²) in [6.45, 7) is 13.2. The molecule has 98 valence electrons. The summed E-state index contributed by atoms with van der Waals surface area (Å²) in [5, 5.41) is 3.20. The molecule has 3 N–H and O–H groups in total. The van der Waals surface area contributed by atoms with Crippen LogP contribution in [0.25, 0.3) is 0 Å². The minimum absolute atomic E-state index is 0.543. The molecule has 0 amide bonds. The Morgan fingerprint density at radius 1 is 1.59 bits per heavy atom. The highest BCUT2D eigenvalue weighted by molar-refractivity contribution is 5.77. The largest absolute Gasteiger partial charge is 0.370 e. The first-order chi connectivity index (χ1) is 8.11. The van der Waals surface area contributed by atoms with Crippen LogP contribution in [0.1, 0.15) is 26.7 Å². The van der Waals surface area contributed by atoms with Gasteiger partial charge in [-0.15, -0.1) is 0 Å². The molecular weight excluding hydrogens is 212 g/mol. The van der Waals surface area contributed by atoms with E-state index in [4.69, 9.17) is 5.73 Å². The summed E-state index contributed by atoms with van der Waals surface area (Å²) < 4.78 is 0. The van der Waals surface area contributed by atoms with Crippen LogP contribution in [0.15, 0.2) is 17.1 Å². The normalized spacial score (nSPS) is 21.8. The molecular formula is C13H26N4. The molecule has 4 nitrogen and oxygen atoms in total. The average molecular weight is 238 g/mol. The standard InChI is InChI=1S/C13H26N4/c1-4-6-17-7-5-12(10-17)9-16-13(14)15-8-11(2)3/h12H,2,4-10H2,1,3H3,(H3,14,15,16). The van der Waals surface area contributed by atoms with Crippen molar-refractivity contribution < 1.29 is 0 Å². The van der Waals surface area contributed by atoms with Gasteiger partial charge in [0, 0.05) is 13.1 Å². The Labute approximate surface area is 105 Å². The molecule has 0 aromatic rings. The summed E-state index contributed by atoms with van der Waals surface area (Å²) in [6, 6.07) is 0. The lowest BCUT2D eigenvalue weighted by Crippen LogP contribution is -2.36. The second-order valence-corrected chi connectivity index (χ2v) is 4.99. The summed E-state index contributed by atoms with van der Waals surface area (Å²) in [4.78, 5) is 6.73. The third-order valence-electron chi connectivity index (χ3n) is 3.00. The van der Waals surface area contributed by atoms with Crippen LogP contribution >= 0.6 is 0 Å². The van der Waals surface area contributed by atoms with Crippen molar-refractivity contribution >= 4 is 5.96 Å². The van der Waals surface area contributed by atoms with Gasteiger partial charge in [-0.3, -0.25) is 0 Å². The Bertz CT molecular complexity index is 273. The fraction of sp³-hybridized carbons (Fsp3) is 0.769. The number of nitrogens with two attached hydrogens (primary N) is 1. The van der Waals surface area contributed by atoms with Crippen molar-refractivity contribution in [1.29, 1.82) is 0 Å². The molecule has 0 bridgehead atoms. The number of nitrogens with one attached hydrogen (secondary N) is 1. The minimum atomic E-state index is 0.543. The molecule has 0 radical (unpaired) electrons. The molecule has 1 aliphatic rings. The first-order valence-electron chi connectivity index (χ1n) is 6.52. The van der Waals surface area contributed by atoms with Crippen LogP contribution < -0.4 is 11.1 Å². The molecule has 0 aliphatic carbocycles. The van der Waals surface area contributed by atoms with Gasteiger partial charge in [-0.1, -0.05) is 19.1 Å². The molecule has 4 heteroatoms. The number of guanidine groups is 1. The van der Waals surface area contributed by atoms with Gasteiger partial charge in [0.25, 0.3) is 0 Å². The SMILES string of the molecule is C=C(C)CN=C(N)NCC1CCN(CCC)C1. The third kappa shape index (κ3) is 5.73. The minimum Gasteiger partial charge on any atom is -0.370 e. The summed E-state index contributed by atoms with van der Waals surface area (Å²) in [6.07, 6.45) is 2.50. The van der Waals surface area contributed by atoms with Crippen molar-refractivity contribution in [2.45, 2.75) is 26.7 Å². The molecule has 1 fully saturated rings. The van der Waals surface area contributed by atoms with E-state index in [-0.39, 0.29) is 0 Å². The second kappa shape index (κ2) is 7.33.